The third-order valence-corrected chi connectivity index (χ3v) is 1.77. The van der Waals surface area contributed by atoms with E-state index in [1.807, 2.05) is 0 Å². The maximum Gasteiger partial charge on any atom is 0.389 e. The summed E-state index contributed by atoms with van der Waals surface area (Å²) in [7, 11) is 1.74. The summed E-state index contributed by atoms with van der Waals surface area (Å²) in [6, 6.07) is 0. The van der Waals surface area contributed by atoms with Crippen molar-refractivity contribution >= 4 is 0 Å². The lowest BCUT2D eigenvalue weighted by Crippen LogP contribution is -2.17. The highest BCUT2D eigenvalue weighted by molar-refractivity contribution is 4.90. The number of aryl methyl sites for hydroxylation is 1. The summed E-state index contributed by atoms with van der Waals surface area (Å²) in [5.41, 5.74) is 0.726. The summed E-state index contributed by atoms with van der Waals surface area (Å²) in [6.07, 6.45) is -3.00. The monoisotopic (exact) mass is 222 g/mol. The summed E-state index contributed by atoms with van der Waals surface area (Å²) in [5, 5.41) is 10.4. The van der Waals surface area contributed by atoms with Crippen LogP contribution in [0.5, 0.6) is 0 Å². The van der Waals surface area contributed by atoms with Crippen LogP contribution in [0.3, 0.4) is 0 Å². The molecule has 0 unspecified atom stereocenters. The van der Waals surface area contributed by atoms with Gasteiger partial charge >= 0.3 is 6.18 Å². The van der Waals surface area contributed by atoms with Crippen molar-refractivity contribution in [3.05, 3.63) is 11.9 Å². The van der Waals surface area contributed by atoms with Gasteiger partial charge in [-0.1, -0.05) is 5.21 Å². The minimum atomic E-state index is -4.06. The van der Waals surface area contributed by atoms with Gasteiger partial charge in [0.15, 0.2) is 0 Å². The number of nitrogens with zero attached hydrogens (tertiary/aromatic N) is 3. The van der Waals surface area contributed by atoms with Crippen LogP contribution in [0.4, 0.5) is 13.2 Å². The molecule has 1 heterocycles. The molecule has 7 heteroatoms. The molecule has 86 valence electrons. The van der Waals surface area contributed by atoms with Gasteiger partial charge in [0.2, 0.25) is 0 Å². The van der Waals surface area contributed by atoms with Gasteiger partial charge in [0, 0.05) is 26.2 Å². The number of rotatable bonds is 5. The normalized spacial score (nSPS) is 12.0. The Kier molecular flexibility index (Phi) is 4.07. The zero-order valence-corrected chi connectivity index (χ0v) is 8.38. The zero-order valence-electron chi connectivity index (χ0n) is 8.38. The fourth-order valence-electron chi connectivity index (χ4n) is 1.11. The van der Waals surface area contributed by atoms with Crippen molar-refractivity contribution < 1.29 is 13.2 Å². The van der Waals surface area contributed by atoms with Gasteiger partial charge in [-0.3, -0.25) is 4.68 Å². The van der Waals surface area contributed by atoms with Gasteiger partial charge in [-0.05, 0) is 13.0 Å². The quantitative estimate of drug-likeness (QED) is 0.762. The third-order valence-electron chi connectivity index (χ3n) is 1.77. The van der Waals surface area contributed by atoms with Crippen molar-refractivity contribution in [2.45, 2.75) is 25.6 Å². The van der Waals surface area contributed by atoms with E-state index < -0.39 is 12.6 Å². The van der Waals surface area contributed by atoms with Crippen molar-refractivity contribution in [3.63, 3.8) is 0 Å². The van der Waals surface area contributed by atoms with Gasteiger partial charge < -0.3 is 5.32 Å². The smallest absolute Gasteiger partial charge is 0.311 e. The molecule has 1 N–H and O–H groups in total. The lowest BCUT2D eigenvalue weighted by atomic mass is 10.3. The van der Waals surface area contributed by atoms with Crippen LogP contribution in [-0.4, -0.2) is 27.7 Å². The first-order chi connectivity index (χ1) is 6.97. The van der Waals surface area contributed by atoms with E-state index in [4.69, 9.17) is 0 Å². The molecule has 0 amide bonds. The maximum absolute atomic E-state index is 11.8. The Morgan fingerprint density at radius 2 is 2.20 bits per heavy atom. The molecule has 0 radical (unpaired) electrons. The van der Waals surface area contributed by atoms with E-state index in [2.05, 4.69) is 15.6 Å². The Labute approximate surface area is 85.5 Å². The minimum Gasteiger partial charge on any atom is -0.311 e. The van der Waals surface area contributed by atoms with Crippen molar-refractivity contribution in [1.29, 1.82) is 0 Å². The Morgan fingerprint density at radius 3 is 2.73 bits per heavy atom. The SMILES string of the molecule is Cn1cc(CNCCCC(F)(F)F)nn1. The molecule has 0 aliphatic heterocycles. The Morgan fingerprint density at radius 1 is 1.47 bits per heavy atom. The summed E-state index contributed by atoms with van der Waals surface area (Å²) < 4.78 is 36.8. The van der Waals surface area contributed by atoms with Crippen molar-refractivity contribution in [2.24, 2.45) is 7.05 Å². The van der Waals surface area contributed by atoms with Crippen LogP contribution >= 0.6 is 0 Å². The Balaban J connectivity index is 2.07. The number of nitrogens with one attached hydrogen (secondary N) is 1. The fourth-order valence-corrected chi connectivity index (χ4v) is 1.11. The van der Waals surface area contributed by atoms with Gasteiger partial charge in [-0.25, -0.2) is 0 Å². The van der Waals surface area contributed by atoms with Gasteiger partial charge in [0.1, 0.15) is 0 Å². The van der Waals surface area contributed by atoms with Crippen LogP contribution < -0.4 is 5.32 Å². The summed E-state index contributed by atoms with van der Waals surface area (Å²) in [5.74, 6) is 0. The molecule has 15 heavy (non-hydrogen) atoms. The molecule has 0 aliphatic carbocycles. The van der Waals surface area contributed by atoms with Crippen LogP contribution in [0.25, 0.3) is 0 Å². The minimum absolute atomic E-state index is 0.0871. The van der Waals surface area contributed by atoms with Crippen LogP contribution in [0.2, 0.25) is 0 Å². The van der Waals surface area contributed by atoms with E-state index in [1.165, 1.54) is 0 Å². The molecular formula is C8H13F3N4. The topological polar surface area (TPSA) is 42.7 Å². The van der Waals surface area contributed by atoms with Crippen LogP contribution in [0.15, 0.2) is 6.20 Å². The first kappa shape index (κ1) is 12.0. The molecule has 0 aromatic carbocycles. The van der Waals surface area contributed by atoms with E-state index in [1.54, 1.807) is 17.9 Å². The Hall–Kier alpha value is -1.11. The molecular weight excluding hydrogens is 209 g/mol. The molecule has 1 aromatic rings. The highest BCUT2D eigenvalue weighted by Gasteiger charge is 2.25. The number of aromatic nitrogens is 3. The fraction of sp³-hybridized carbons (Fsp3) is 0.750. The number of hydrogen-bond donors (Lipinski definition) is 1. The second-order valence-electron chi connectivity index (χ2n) is 3.28. The van der Waals surface area contributed by atoms with Crippen molar-refractivity contribution in [2.75, 3.05) is 6.54 Å². The van der Waals surface area contributed by atoms with Crippen molar-refractivity contribution in [3.8, 4) is 0 Å². The zero-order chi connectivity index (χ0) is 11.3. The van der Waals surface area contributed by atoms with Crippen LogP contribution in [0, 0.1) is 0 Å². The lowest BCUT2D eigenvalue weighted by Gasteiger charge is -2.05. The van der Waals surface area contributed by atoms with Crippen LogP contribution in [-0.2, 0) is 13.6 Å². The highest BCUT2D eigenvalue weighted by Crippen LogP contribution is 2.20. The molecule has 0 atom stereocenters. The number of alkyl halides is 3. The summed E-state index contributed by atoms with van der Waals surface area (Å²) >= 11 is 0. The summed E-state index contributed by atoms with van der Waals surface area (Å²) in [6.45, 7) is 0.780. The van der Waals surface area contributed by atoms with E-state index in [-0.39, 0.29) is 6.42 Å². The average molecular weight is 222 g/mol. The largest absolute Gasteiger partial charge is 0.389 e. The van der Waals surface area contributed by atoms with E-state index >= 15 is 0 Å². The number of hydrogen-bond acceptors (Lipinski definition) is 3. The van der Waals surface area contributed by atoms with Crippen LogP contribution in [0.1, 0.15) is 18.5 Å². The molecule has 0 saturated heterocycles. The Bertz CT molecular complexity index is 294. The van der Waals surface area contributed by atoms with E-state index in [9.17, 15) is 13.2 Å². The molecule has 0 spiro atoms. The molecule has 0 aliphatic rings. The predicted molar refractivity (Wildman–Crippen MR) is 48.0 cm³/mol. The first-order valence-corrected chi connectivity index (χ1v) is 4.60. The second kappa shape index (κ2) is 5.11. The standard InChI is InChI=1S/C8H13F3N4/c1-15-6-7(13-14-15)5-12-4-2-3-8(9,10)11/h6,12H,2-5H2,1H3. The summed E-state index contributed by atoms with van der Waals surface area (Å²) in [4.78, 5) is 0. The first-order valence-electron chi connectivity index (χ1n) is 4.60. The number of halogens is 3. The molecule has 1 aromatic heterocycles. The van der Waals surface area contributed by atoms with Gasteiger partial charge in [0.25, 0.3) is 0 Å². The molecule has 1 rings (SSSR count). The second-order valence-corrected chi connectivity index (χ2v) is 3.28. The van der Waals surface area contributed by atoms with Gasteiger partial charge in [0.05, 0.1) is 5.69 Å². The van der Waals surface area contributed by atoms with Gasteiger partial charge in [-0.15, -0.1) is 5.10 Å². The third kappa shape index (κ3) is 5.36. The molecule has 0 bridgehead atoms. The molecule has 4 nitrogen and oxygen atoms in total. The highest BCUT2D eigenvalue weighted by atomic mass is 19.4. The maximum atomic E-state index is 11.8. The molecule has 0 saturated carbocycles. The van der Waals surface area contributed by atoms with Gasteiger partial charge in [-0.2, -0.15) is 13.2 Å². The predicted octanol–water partition coefficient (Wildman–Crippen LogP) is 1.25. The van der Waals surface area contributed by atoms with E-state index in [0.29, 0.717) is 13.1 Å². The van der Waals surface area contributed by atoms with E-state index in [0.717, 1.165) is 5.69 Å². The van der Waals surface area contributed by atoms with Crippen molar-refractivity contribution in [1.82, 2.24) is 20.3 Å². The average Bonchev–Trinajstić information content (AvgIpc) is 2.49. The molecule has 0 fully saturated rings. The lowest BCUT2D eigenvalue weighted by molar-refractivity contribution is -0.135.